The molecule has 11 heterocycles. The van der Waals surface area contributed by atoms with Crippen LogP contribution >= 0.6 is 34.0 Å². The fourth-order valence-corrected chi connectivity index (χ4v) is 22.2. The van der Waals surface area contributed by atoms with E-state index in [9.17, 15) is 58.8 Å². The van der Waals surface area contributed by atoms with Crippen molar-refractivity contribution < 1.29 is 63.3 Å². The Morgan fingerprint density at radius 1 is 0.415 bits per heavy atom. The van der Waals surface area contributed by atoms with Gasteiger partial charge in [-0.25, -0.2) is 15.0 Å². The topological polar surface area (TPSA) is 372 Å². The molecular formula is C116H153N15O13S3. The molecule has 788 valence electrons. The molecule has 4 fully saturated rings. The number of aryl methyl sites for hydroxylation is 5. The minimum atomic E-state index is -0.740. The van der Waals surface area contributed by atoms with Crippen LogP contribution < -0.4 is 0 Å². The molecule has 31 heteroatoms. The van der Waals surface area contributed by atoms with Crippen LogP contribution in [0.1, 0.15) is 320 Å². The van der Waals surface area contributed by atoms with E-state index >= 15 is 0 Å². The van der Waals surface area contributed by atoms with E-state index in [1.54, 1.807) is 74.9 Å². The molecule has 0 aliphatic carbocycles. The number of nitriles is 1. The number of rotatable bonds is 30. The van der Waals surface area contributed by atoms with Gasteiger partial charge in [-0.3, -0.25) is 52.4 Å². The summed E-state index contributed by atoms with van der Waals surface area (Å²) in [5.74, 6) is -1.08. The number of Topliss-reactive ketones (excluding diaryl/α,β-unsaturated/α-hetero) is 4. The van der Waals surface area contributed by atoms with Crippen LogP contribution in [-0.2, 0) is 72.9 Å². The summed E-state index contributed by atoms with van der Waals surface area (Å²) in [6.07, 6.45) is 11.8. The van der Waals surface area contributed by atoms with Crippen molar-refractivity contribution in [3.05, 3.63) is 230 Å². The Morgan fingerprint density at radius 3 is 1.03 bits per heavy atom. The normalized spacial score (nSPS) is 19.5. The van der Waals surface area contributed by atoms with E-state index < -0.39 is 78.0 Å². The minimum absolute atomic E-state index is 0.00448. The van der Waals surface area contributed by atoms with Gasteiger partial charge in [0.05, 0.1) is 133 Å². The standard InChI is InChI=1S/2C30H40N4O3S.C29H38N4O3S.C27H35N3O4/c1-19-26(38-18-31-19)21-11-8-20(9-12-21)10-13-25(36)24-14-23(35)17-33(24)28(37)27(30(5,6)7)34-16-22(15-32-34)29(2,3)4;1-18(2)27(34-15-23(14-32-34)30(5,6)7)29(37)33-16-24(35)13-25(33)26(36)12-19(3)21-8-10-22(11-9-21)28-20(4)31-17-38-28;1-18(2)26(33-15-22(14-31-33)29(4,5)6)28(36)32-16-23(34)13-24(32)25(35)12-9-20-7-10-21(11-8-20)27-19(3)30-17-37-27;1-16(2)25(23-13-24(29-34-23)27(4,5)6)26(33)30-15-20(31)12-21(30)22(32)11-17(3)19-9-7-18(14-28)8-10-19/h8-9,11-12,15-16,18,23-24,27,35H,10,13-14,17H2,1-7H3;8-11,14-15,17-19,24-25,27,35H,12-13,16H2,1-7H3;7-8,10-11,14-15,17-18,23-24,26,34H,9,12-13,16H2,1-6H3;7-10,13,16-17,20-21,25,31H,11-12,15H2,1-6H3. The Labute approximate surface area is 879 Å². The van der Waals surface area contributed by atoms with E-state index in [0.717, 1.165) is 93.0 Å². The third-order valence-electron chi connectivity index (χ3n) is 28.7. The van der Waals surface area contributed by atoms with Crippen molar-refractivity contribution in [2.45, 2.75) is 350 Å². The number of amides is 4. The number of aliphatic hydroxyl groups is 4. The van der Waals surface area contributed by atoms with E-state index in [4.69, 9.17) is 9.78 Å². The Bertz CT molecular complexity index is 6380. The minimum Gasteiger partial charge on any atom is -0.391 e. The number of aliphatic hydroxyl groups excluding tert-OH is 4. The lowest BCUT2D eigenvalue weighted by molar-refractivity contribution is -0.143. The third kappa shape index (κ3) is 28.4. The molecule has 0 spiro atoms. The van der Waals surface area contributed by atoms with Gasteiger partial charge in [0.2, 0.25) is 23.6 Å². The maximum Gasteiger partial charge on any atom is 0.248 e. The lowest BCUT2D eigenvalue weighted by Crippen LogP contribution is -2.47. The average Bonchev–Trinajstić information content (AvgIpc) is 1.66. The zero-order valence-corrected chi connectivity index (χ0v) is 93.1. The molecule has 11 aromatic rings. The van der Waals surface area contributed by atoms with Crippen molar-refractivity contribution in [1.82, 2.24) is 69.0 Å². The summed E-state index contributed by atoms with van der Waals surface area (Å²) in [6.45, 7) is 53.6. The molecule has 4 aliphatic heterocycles. The van der Waals surface area contributed by atoms with Crippen molar-refractivity contribution in [1.29, 1.82) is 5.26 Å². The smallest absolute Gasteiger partial charge is 0.248 e. The first kappa shape index (κ1) is 114. The van der Waals surface area contributed by atoms with Crippen LogP contribution in [0.5, 0.6) is 0 Å². The third-order valence-corrected chi connectivity index (χ3v) is 31.6. The number of carbonyl (C=O) groups is 8. The Balaban J connectivity index is 0.000000174. The molecule has 14 atom stereocenters. The molecule has 4 aromatic carbocycles. The van der Waals surface area contributed by atoms with Gasteiger partial charge in [-0.05, 0) is 153 Å². The second kappa shape index (κ2) is 48.0. The Kier molecular flexibility index (Phi) is 37.3. The summed E-state index contributed by atoms with van der Waals surface area (Å²) in [5, 5.41) is 68.5. The van der Waals surface area contributed by atoms with E-state index in [1.165, 1.54) is 4.90 Å². The zero-order chi connectivity index (χ0) is 108. The maximum absolute atomic E-state index is 14.0. The number of aromatic nitrogens is 10. The molecule has 4 saturated heterocycles. The van der Waals surface area contributed by atoms with Gasteiger partial charge in [0.25, 0.3) is 0 Å². The predicted octanol–water partition coefficient (Wildman–Crippen LogP) is 20.2. The highest BCUT2D eigenvalue weighted by Crippen LogP contribution is 2.42. The van der Waals surface area contributed by atoms with Gasteiger partial charge in [0.15, 0.2) is 23.1 Å². The molecule has 0 bridgehead atoms. The molecule has 15 rings (SSSR count). The van der Waals surface area contributed by atoms with Crippen molar-refractivity contribution in [2.75, 3.05) is 26.2 Å². The van der Waals surface area contributed by atoms with Crippen LogP contribution in [0.2, 0.25) is 0 Å². The Hall–Kier alpha value is -11.5. The van der Waals surface area contributed by atoms with Gasteiger partial charge in [0, 0.05) is 108 Å². The highest BCUT2D eigenvalue weighted by atomic mass is 32.1. The summed E-state index contributed by atoms with van der Waals surface area (Å²) in [7, 11) is 0. The molecule has 4 amide bonds. The lowest BCUT2D eigenvalue weighted by Gasteiger charge is -2.35. The first-order valence-corrected chi connectivity index (χ1v) is 54.3. The van der Waals surface area contributed by atoms with Gasteiger partial charge >= 0.3 is 0 Å². The SMILES string of the molecule is CC(CC(=O)C1CC(O)CN1C(=O)C(c1cc(C(C)(C)C)no1)C(C)C)c1ccc(C#N)cc1.Cc1ncsc1-c1ccc(C(C)CC(=O)C2CC(O)CN2C(=O)C(C(C)C)n2cc(C(C)(C)C)cn2)cc1.Cc1ncsc1-c1ccc(CCC(=O)C2CC(O)CN2C(=O)C(C(C)C)n2cc(C(C)(C)C)cn2)cc1.Cc1ncsc1-c1ccc(CCC(=O)C2CC(O)CN2C(=O)C(n2cc(C(C)(C)C)cn2)C(C)(C)C)cc1. The van der Waals surface area contributed by atoms with Crippen LogP contribution in [0.4, 0.5) is 0 Å². The predicted molar refractivity (Wildman–Crippen MR) is 577 cm³/mol. The molecule has 28 nitrogen and oxygen atoms in total. The van der Waals surface area contributed by atoms with Crippen molar-refractivity contribution >= 4 is 80.8 Å². The van der Waals surface area contributed by atoms with Crippen molar-refractivity contribution in [3.63, 3.8) is 0 Å². The van der Waals surface area contributed by atoms with Crippen LogP contribution in [0.15, 0.2) is 161 Å². The fourth-order valence-electron chi connectivity index (χ4n) is 19.8. The summed E-state index contributed by atoms with van der Waals surface area (Å²) in [5.41, 5.74) is 19.7. The monoisotopic (exact) mass is 2060 g/mol. The molecule has 14 unspecified atom stereocenters. The summed E-state index contributed by atoms with van der Waals surface area (Å²) in [6, 6.07) is 31.7. The second-order valence-electron chi connectivity index (χ2n) is 46.8. The highest BCUT2D eigenvalue weighted by molar-refractivity contribution is 7.14. The van der Waals surface area contributed by atoms with Gasteiger partial charge in [-0.2, -0.15) is 20.6 Å². The summed E-state index contributed by atoms with van der Waals surface area (Å²) < 4.78 is 10.8. The molecular weight excluding hydrogens is 1910 g/mol. The number of benzene rings is 4. The number of hydrogen-bond acceptors (Lipinski definition) is 24. The number of hydrogen-bond donors (Lipinski definition) is 4. The van der Waals surface area contributed by atoms with Crippen molar-refractivity contribution in [3.8, 4) is 37.4 Å². The zero-order valence-electron chi connectivity index (χ0n) is 90.6. The van der Waals surface area contributed by atoms with E-state index in [1.807, 2.05) is 214 Å². The first-order valence-electron chi connectivity index (χ1n) is 51.6. The van der Waals surface area contributed by atoms with Gasteiger partial charge < -0.3 is 44.5 Å². The lowest BCUT2D eigenvalue weighted by atomic mass is 9.85. The molecule has 0 radical (unpaired) electrons. The number of likely N-dealkylation sites (tertiary alicyclic amines) is 4. The fraction of sp³-hybridized carbons (Fsp3) is 0.534. The number of β-amino-alcohol motifs (C(OH)–C–C–N with tert-alkyl or cyclic N) is 4. The van der Waals surface area contributed by atoms with Crippen molar-refractivity contribution in [2.24, 2.45) is 23.2 Å². The van der Waals surface area contributed by atoms with E-state index in [2.05, 4.69) is 152 Å². The molecule has 4 aliphatic rings. The second-order valence-corrected chi connectivity index (χ2v) is 49.4. The molecule has 4 N–H and O–H groups in total. The number of carbonyl (C=O) groups excluding carboxylic acids is 8. The number of ketones is 4. The summed E-state index contributed by atoms with van der Waals surface area (Å²) >= 11 is 4.86. The number of nitrogens with zero attached hydrogens (tertiary/aromatic N) is 15. The quantitative estimate of drug-likeness (QED) is 0.0325. The Morgan fingerprint density at radius 2 is 0.735 bits per heavy atom. The highest BCUT2D eigenvalue weighted by Gasteiger charge is 2.49. The maximum atomic E-state index is 14.0. The van der Waals surface area contributed by atoms with Gasteiger partial charge in [-0.15, -0.1) is 34.0 Å². The molecule has 147 heavy (non-hydrogen) atoms. The van der Waals surface area contributed by atoms with E-state index in [-0.39, 0.29) is 156 Å². The van der Waals surface area contributed by atoms with Crippen LogP contribution in [-0.4, -0.2) is 211 Å². The largest absolute Gasteiger partial charge is 0.391 e. The average molecular weight is 2060 g/mol. The van der Waals surface area contributed by atoms with Crippen LogP contribution in [0.25, 0.3) is 31.3 Å². The molecule has 0 saturated carbocycles. The van der Waals surface area contributed by atoms with E-state index in [0.29, 0.717) is 43.4 Å². The first-order chi connectivity index (χ1) is 69.0. The van der Waals surface area contributed by atoms with Crippen LogP contribution in [0, 0.1) is 55.3 Å². The summed E-state index contributed by atoms with van der Waals surface area (Å²) in [4.78, 5) is 131. The van der Waals surface area contributed by atoms with Gasteiger partial charge in [0.1, 0.15) is 29.8 Å². The van der Waals surface area contributed by atoms with Gasteiger partial charge in [-0.1, -0.05) is 249 Å². The molecule has 7 aromatic heterocycles. The van der Waals surface area contributed by atoms with Crippen LogP contribution in [0.3, 0.4) is 0 Å². The number of thiazole rings is 3.